The molecule has 0 aliphatic rings. The van der Waals surface area contributed by atoms with E-state index in [0.29, 0.717) is 13.1 Å². The van der Waals surface area contributed by atoms with Gasteiger partial charge >= 0.3 is 12.1 Å². The van der Waals surface area contributed by atoms with Crippen molar-refractivity contribution < 1.29 is 23.1 Å². The Labute approximate surface area is 130 Å². The van der Waals surface area contributed by atoms with E-state index < -0.39 is 17.7 Å². The highest BCUT2D eigenvalue weighted by Crippen LogP contribution is 2.36. The van der Waals surface area contributed by atoms with Crippen LogP contribution in [0.3, 0.4) is 0 Å². The summed E-state index contributed by atoms with van der Waals surface area (Å²) in [5, 5.41) is 12.3. The Balaban J connectivity index is 2.59. The number of nitrogens with zero attached hydrogens (tertiary/aromatic N) is 2. The standard InChI is InChI=1S/C15H16F3N3O2/c1-21(2)7-6-19-12-9-4-3-5-11(15(16,17)18)13(9)20-8-10(12)14(22)23/h3-5,8H,6-7H2,1-2H3,(H,19,20)(H,22,23). The first-order valence-corrected chi connectivity index (χ1v) is 6.82. The molecule has 0 radical (unpaired) electrons. The van der Waals surface area contributed by atoms with Crippen LogP contribution in [0.2, 0.25) is 0 Å². The van der Waals surface area contributed by atoms with Crippen LogP contribution in [-0.2, 0) is 6.18 Å². The minimum atomic E-state index is -4.56. The van der Waals surface area contributed by atoms with E-state index >= 15 is 0 Å². The minimum Gasteiger partial charge on any atom is -0.478 e. The van der Waals surface area contributed by atoms with E-state index in [9.17, 15) is 23.1 Å². The SMILES string of the molecule is CN(C)CCNc1c(C(=O)O)cnc2c(C(F)(F)F)cccc12. The van der Waals surface area contributed by atoms with E-state index in [-0.39, 0.29) is 22.2 Å². The number of halogens is 3. The van der Waals surface area contributed by atoms with Crippen LogP contribution < -0.4 is 5.32 Å². The average molecular weight is 327 g/mol. The van der Waals surface area contributed by atoms with Crippen LogP contribution in [0.4, 0.5) is 18.9 Å². The Morgan fingerprint density at radius 3 is 2.61 bits per heavy atom. The number of aromatic nitrogens is 1. The van der Waals surface area contributed by atoms with Crippen LogP contribution in [0.5, 0.6) is 0 Å². The van der Waals surface area contributed by atoms with E-state index in [1.165, 1.54) is 12.1 Å². The van der Waals surface area contributed by atoms with Crippen molar-refractivity contribution in [3.05, 3.63) is 35.5 Å². The second-order valence-corrected chi connectivity index (χ2v) is 5.28. The number of carbonyl (C=O) groups is 1. The van der Waals surface area contributed by atoms with Crippen LogP contribution in [0, 0.1) is 0 Å². The molecule has 0 bridgehead atoms. The van der Waals surface area contributed by atoms with E-state index in [1.54, 1.807) is 0 Å². The topological polar surface area (TPSA) is 65.5 Å². The van der Waals surface area contributed by atoms with Crippen molar-refractivity contribution in [1.82, 2.24) is 9.88 Å². The fraction of sp³-hybridized carbons (Fsp3) is 0.333. The molecule has 1 aromatic heterocycles. The number of pyridine rings is 1. The van der Waals surface area contributed by atoms with Gasteiger partial charge in [-0.1, -0.05) is 12.1 Å². The van der Waals surface area contributed by atoms with Crippen molar-refractivity contribution in [2.24, 2.45) is 0 Å². The fourth-order valence-electron chi connectivity index (χ4n) is 2.21. The van der Waals surface area contributed by atoms with Crippen LogP contribution in [0.1, 0.15) is 15.9 Å². The number of hydrogen-bond donors (Lipinski definition) is 2. The number of nitrogens with one attached hydrogen (secondary N) is 1. The smallest absolute Gasteiger partial charge is 0.418 e. The lowest BCUT2D eigenvalue weighted by Gasteiger charge is -2.16. The monoisotopic (exact) mass is 327 g/mol. The number of fused-ring (bicyclic) bond motifs is 1. The van der Waals surface area contributed by atoms with Crippen LogP contribution in [0.15, 0.2) is 24.4 Å². The van der Waals surface area contributed by atoms with Crippen molar-refractivity contribution in [3.63, 3.8) is 0 Å². The quantitative estimate of drug-likeness (QED) is 0.884. The Bertz CT molecular complexity index is 730. The zero-order valence-electron chi connectivity index (χ0n) is 12.6. The fourth-order valence-corrected chi connectivity index (χ4v) is 2.21. The number of hydrogen-bond acceptors (Lipinski definition) is 4. The van der Waals surface area contributed by atoms with Crippen molar-refractivity contribution in [2.45, 2.75) is 6.18 Å². The lowest BCUT2D eigenvalue weighted by Crippen LogP contribution is -2.22. The van der Waals surface area contributed by atoms with Crippen molar-refractivity contribution in [2.75, 3.05) is 32.5 Å². The highest BCUT2D eigenvalue weighted by atomic mass is 19.4. The Morgan fingerprint density at radius 1 is 1.35 bits per heavy atom. The molecule has 1 heterocycles. The summed E-state index contributed by atoms with van der Waals surface area (Å²) >= 11 is 0. The Morgan fingerprint density at radius 2 is 2.04 bits per heavy atom. The van der Waals surface area contributed by atoms with Gasteiger partial charge in [0.25, 0.3) is 0 Å². The molecule has 5 nitrogen and oxygen atoms in total. The summed E-state index contributed by atoms with van der Waals surface area (Å²) in [6.07, 6.45) is -3.60. The molecule has 1 aromatic carbocycles. The summed E-state index contributed by atoms with van der Waals surface area (Å²) in [5.74, 6) is -1.25. The molecule has 23 heavy (non-hydrogen) atoms. The summed E-state index contributed by atoms with van der Waals surface area (Å²) in [7, 11) is 3.68. The highest BCUT2D eigenvalue weighted by molar-refractivity contribution is 6.05. The maximum absolute atomic E-state index is 13.1. The third kappa shape index (κ3) is 3.70. The summed E-state index contributed by atoms with van der Waals surface area (Å²) in [4.78, 5) is 16.9. The summed E-state index contributed by atoms with van der Waals surface area (Å²) < 4.78 is 39.2. The molecule has 0 unspecified atom stereocenters. The number of para-hydroxylation sites is 1. The molecule has 2 rings (SSSR count). The third-order valence-electron chi connectivity index (χ3n) is 3.29. The van der Waals surface area contributed by atoms with Gasteiger partial charge in [0.1, 0.15) is 5.56 Å². The first kappa shape index (κ1) is 17.0. The van der Waals surface area contributed by atoms with Gasteiger partial charge in [0.05, 0.1) is 16.8 Å². The van der Waals surface area contributed by atoms with E-state index in [4.69, 9.17) is 0 Å². The summed E-state index contributed by atoms with van der Waals surface area (Å²) in [5.41, 5.74) is -1.16. The van der Waals surface area contributed by atoms with Gasteiger partial charge in [0.2, 0.25) is 0 Å². The van der Waals surface area contributed by atoms with Gasteiger partial charge in [-0.3, -0.25) is 4.98 Å². The molecule has 0 saturated heterocycles. The van der Waals surface area contributed by atoms with Crippen molar-refractivity contribution in [3.8, 4) is 0 Å². The second-order valence-electron chi connectivity index (χ2n) is 5.28. The van der Waals surface area contributed by atoms with Gasteiger partial charge in [-0.2, -0.15) is 13.2 Å². The van der Waals surface area contributed by atoms with Gasteiger partial charge in [-0.25, -0.2) is 4.79 Å². The number of likely N-dealkylation sites (N-methyl/N-ethyl adjacent to an activating group) is 1. The van der Waals surface area contributed by atoms with Gasteiger partial charge in [0.15, 0.2) is 0 Å². The predicted octanol–water partition coefficient (Wildman–Crippen LogP) is 2.93. The number of alkyl halides is 3. The maximum atomic E-state index is 13.1. The van der Waals surface area contributed by atoms with Gasteiger partial charge < -0.3 is 15.3 Å². The lowest BCUT2D eigenvalue weighted by molar-refractivity contribution is -0.136. The second kappa shape index (κ2) is 6.41. The molecule has 0 aliphatic heterocycles. The minimum absolute atomic E-state index is 0.137. The van der Waals surface area contributed by atoms with Crippen LogP contribution in [0.25, 0.3) is 10.9 Å². The number of benzene rings is 1. The molecule has 0 fully saturated rings. The lowest BCUT2D eigenvalue weighted by atomic mass is 10.0. The zero-order valence-corrected chi connectivity index (χ0v) is 12.6. The van der Waals surface area contributed by atoms with Crippen molar-refractivity contribution in [1.29, 1.82) is 0 Å². The molecule has 0 spiro atoms. The molecule has 124 valence electrons. The molecule has 2 aromatic rings. The number of rotatable bonds is 5. The zero-order chi connectivity index (χ0) is 17.2. The number of anilines is 1. The highest BCUT2D eigenvalue weighted by Gasteiger charge is 2.33. The predicted molar refractivity (Wildman–Crippen MR) is 80.7 cm³/mol. The van der Waals surface area contributed by atoms with Gasteiger partial charge in [-0.05, 0) is 20.2 Å². The molecular formula is C15H16F3N3O2. The van der Waals surface area contributed by atoms with Crippen molar-refractivity contribution >= 4 is 22.6 Å². The van der Waals surface area contributed by atoms with Crippen LogP contribution >= 0.6 is 0 Å². The normalized spacial score (nSPS) is 11.9. The van der Waals surface area contributed by atoms with E-state index in [0.717, 1.165) is 12.3 Å². The summed E-state index contributed by atoms with van der Waals surface area (Å²) in [6.45, 7) is 0.991. The molecule has 0 aliphatic carbocycles. The number of carboxylic acid groups (broad SMARTS) is 1. The van der Waals surface area contributed by atoms with Crippen LogP contribution in [-0.4, -0.2) is 48.1 Å². The Hall–Kier alpha value is -2.35. The number of carboxylic acids is 1. The number of aromatic carboxylic acids is 1. The van der Waals surface area contributed by atoms with E-state index in [1.807, 2.05) is 19.0 Å². The maximum Gasteiger partial charge on any atom is 0.418 e. The molecular weight excluding hydrogens is 311 g/mol. The molecule has 0 amide bonds. The Kier molecular flexibility index (Phi) is 4.74. The van der Waals surface area contributed by atoms with Gasteiger partial charge in [0, 0.05) is 24.7 Å². The molecule has 0 atom stereocenters. The van der Waals surface area contributed by atoms with Gasteiger partial charge in [-0.15, -0.1) is 0 Å². The first-order valence-electron chi connectivity index (χ1n) is 6.82. The largest absolute Gasteiger partial charge is 0.478 e. The first-order chi connectivity index (χ1) is 10.7. The van der Waals surface area contributed by atoms with E-state index in [2.05, 4.69) is 10.3 Å². The molecule has 0 saturated carbocycles. The third-order valence-corrected chi connectivity index (χ3v) is 3.29. The summed E-state index contributed by atoms with van der Waals surface area (Å²) in [6, 6.07) is 3.61. The molecule has 8 heteroatoms. The average Bonchev–Trinajstić information content (AvgIpc) is 2.44. The molecule has 2 N–H and O–H groups in total.